The molecule has 0 aliphatic carbocycles. The molecule has 164 valence electrons. The van der Waals surface area contributed by atoms with Gasteiger partial charge >= 0.3 is 5.69 Å². The molecule has 0 amide bonds. The maximum atomic E-state index is 12.6. The number of aliphatic hydroxyl groups excluding tert-OH is 1. The molecule has 0 aliphatic heterocycles. The number of aromatic amines is 1. The summed E-state index contributed by atoms with van der Waals surface area (Å²) in [5.74, 6) is 0.235. The van der Waals surface area contributed by atoms with Gasteiger partial charge in [-0.25, -0.2) is 10.2 Å². The van der Waals surface area contributed by atoms with Gasteiger partial charge in [-0.05, 0) is 24.6 Å². The van der Waals surface area contributed by atoms with E-state index in [0.717, 1.165) is 0 Å². The molecule has 0 saturated heterocycles. The Kier molecular flexibility index (Phi) is 5.61. The van der Waals surface area contributed by atoms with Crippen LogP contribution in [0.3, 0.4) is 0 Å². The molecule has 1 atom stereocenters. The summed E-state index contributed by atoms with van der Waals surface area (Å²) in [5, 5.41) is 25.1. The Morgan fingerprint density at radius 2 is 1.84 bits per heavy atom. The summed E-state index contributed by atoms with van der Waals surface area (Å²) in [7, 11) is 1.49. The first-order valence-corrected chi connectivity index (χ1v) is 9.88. The lowest BCUT2D eigenvalue weighted by Gasteiger charge is -2.14. The predicted octanol–water partition coefficient (Wildman–Crippen LogP) is 1.70. The molecule has 4 N–H and O–H groups in total. The van der Waals surface area contributed by atoms with Gasteiger partial charge in [0.2, 0.25) is 5.95 Å². The zero-order valence-electron chi connectivity index (χ0n) is 17.5. The lowest BCUT2D eigenvalue weighted by molar-refractivity contribution is 0.158. The summed E-state index contributed by atoms with van der Waals surface area (Å²) in [5.41, 5.74) is 3.53. The highest BCUT2D eigenvalue weighted by Crippen LogP contribution is 2.22. The number of hydrogen-bond acceptors (Lipinski definition) is 7. The van der Waals surface area contributed by atoms with E-state index in [4.69, 9.17) is 0 Å². The average molecular weight is 434 g/mol. The molecule has 4 rings (SSSR count). The lowest BCUT2D eigenvalue weighted by atomic mass is 10.1. The molecule has 2 heterocycles. The summed E-state index contributed by atoms with van der Waals surface area (Å²) < 4.78 is 2.69. The van der Waals surface area contributed by atoms with E-state index in [1.165, 1.54) is 16.2 Å². The van der Waals surface area contributed by atoms with Crippen molar-refractivity contribution in [3.63, 3.8) is 0 Å². The Morgan fingerprint density at radius 1 is 1.16 bits per heavy atom. The third-order valence-electron chi connectivity index (χ3n) is 5.16. The fraction of sp³-hybridized carbons (Fsp3) is 0.182. The number of aromatic hydroxyl groups is 1. The number of phenolic OH excluding ortho intramolecular Hbond substituents is 1. The van der Waals surface area contributed by atoms with Crippen LogP contribution >= 0.6 is 0 Å². The topological polar surface area (TPSA) is 138 Å². The second-order valence-corrected chi connectivity index (χ2v) is 7.29. The molecule has 10 heteroatoms. The van der Waals surface area contributed by atoms with Crippen molar-refractivity contribution in [1.82, 2.24) is 19.1 Å². The van der Waals surface area contributed by atoms with Crippen LogP contribution in [-0.4, -0.2) is 35.0 Å². The standard InChI is InChI=1S/C22H22N6O4/c1-13(15-10-6-7-11-16(15)29)25-26-21-23-19-18(20(31)24-22(32)27(19)2)28(21)12-17(30)14-8-4-3-5-9-14/h3-11,17,29-30H,12H2,1-2H3,(H,23,26)(H,24,31,32). The van der Waals surface area contributed by atoms with Crippen molar-refractivity contribution in [2.75, 3.05) is 5.43 Å². The molecule has 0 radical (unpaired) electrons. The van der Waals surface area contributed by atoms with E-state index in [-0.39, 0.29) is 29.4 Å². The first-order chi connectivity index (χ1) is 15.4. The van der Waals surface area contributed by atoms with E-state index < -0.39 is 17.4 Å². The van der Waals surface area contributed by atoms with E-state index >= 15 is 0 Å². The highest BCUT2D eigenvalue weighted by atomic mass is 16.3. The van der Waals surface area contributed by atoms with Gasteiger partial charge in [-0.2, -0.15) is 10.1 Å². The van der Waals surface area contributed by atoms with Crippen LogP contribution in [0, 0.1) is 0 Å². The Bertz CT molecular complexity index is 1420. The fourth-order valence-electron chi connectivity index (χ4n) is 3.42. The number of aromatic nitrogens is 4. The van der Waals surface area contributed by atoms with Crippen molar-refractivity contribution in [1.29, 1.82) is 0 Å². The minimum absolute atomic E-state index is 0.00468. The predicted molar refractivity (Wildman–Crippen MR) is 121 cm³/mol. The molecule has 1 unspecified atom stereocenters. The molecular weight excluding hydrogens is 412 g/mol. The zero-order valence-corrected chi connectivity index (χ0v) is 17.5. The molecule has 0 saturated carbocycles. The Balaban J connectivity index is 1.80. The van der Waals surface area contributed by atoms with Crippen molar-refractivity contribution in [2.24, 2.45) is 12.1 Å². The SMILES string of the molecule is CC(=NNc1nc2c(c(=O)[nH]c(=O)n2C)n1CC(O)c1ccccc1)c1ccccc1O. The van der Waals surface area contributed by atoms with Crippen molar-refractivity contribution in [3.8, 4) is 5.75 Å². The normalized spacial score (nSPS) is 12.8. The van der Waals surface area contributed by atoms with Crippen LogP contribution in [0.4, 0.5) is 5.95 Å². The summed E-state index contributed by atoms with van der Waals surface area (Å²) >= 11 is 0. The highest BCUT2D eigenvalue weighted by Gasteiger charge is 2.20. The number of aryl methyl sites for hydroxylation is 1. The maximum Gasteiger partial charge on any atom is 0.329 e. The van der Waals surface area contributed by atoms with Crippen LogP contribution in [0.5, 0.6) is 5.75 Å². The van der Waals surface area contributed by atoms with Crippen LogP contribution in [0.25, 0.3) is 11.2 Å². The quantitative estimate of drug-likeness (QED) is 0.269. The second-order valence-electron chi connectivity index (χ2n) is 7.29. The molecule has 32 heavy (non-hydrogen) atoms. The van der Waals surface area contributed by atoms with Gasteiger partial charge in [0.25, 0.3) is 5.56 Å². The molecule has 10 nitrogen and oxygen atoms in total. The molecule has 0 spiro atoms. The minimum Gasteiger partial charge on any atom is -0.507 e. The van der Waals surface area contributed by atoms with E-state index in [1.807, 2.05) is 6.07 Å². The van der Waals surface area contributed by atoms with Crippen LogP contribution in [-0.2, 0) is 13.6 Å². The molecule has 2 aromatic heterocycles. The number of rotatable bonds is 6. The Hall–Kier alpha value is -4.18. The number of nitrogens with one attached hydrogen (secondary N) is 2. The first kappa shape index (κ1) is 21.1. The van der Waals surface area contributed by atoms with E-state index in [2.05, 4.69) is 20.5 Å². The number of hydrogen-bond donors (Lipinski definition) is 4. The fourth-order valence-corrected chi connectivity index (χ4v) is 3.42. The number of nitrogens with zero attached hydrogens (tertiary/aromatic N) is 4. The zero-order chi connectivity index (χ0) is 22.8. The van der Waals surface area contributed by atoms with Gasteiger partial charge < -0.3 is 10.2 Å². The monoisotopic (exact) mass is 434 g/mol. The second kappa shape index (κ2) is 8.52. The van der Waals surface area contributed by atoms with E-state index in [0.29, 0.717) is 16.8 Å². The number of hydrazone groups is 1. The average Bonchev–Trinajstić information content (AvgIpc) is 3.15. The van der Waals surface area contributed by atoms with Crippen LogP contribution < -0.4 is 16.7 Å². The smallest absolute Gasteiger partial charge is 0.329 e. The van der Waals surface area contributed by atoms with Crippen molar-refractivity contribution in [3.05, 3.63) is 86.6 Å². The van der Waals surface area contributed by atoms with Gasteiger partial charge in [-0.3, -0.25) is 18.9 Å². The minimum atomic E-state index is -0.936. The molecule has 0 aliphatic rings. The van der Waals surface area contributed by atoms with Crippen molar-refractivity contribution < 1.29 is 10.2 Å². The first-order valence-electron chi connectivity index (χ1n) is 9.88. The third kappa shape index (κ3) is 3.91. The number of phenols is 1. The summed E-state index contributed by atoms with van der Waals surface area (Å²) in [6, 6.07) is 15.7. The van der Waals surface area contributed by atoms with Gasteiger partial charge in [0.05, 0.1) is 18.4 Å². The third-order valence-corrected chi connectivity index (χ3v) is 5.16. The Labute approximate surface area is 182 Å². The molecule has 4 aromatic rings. The number of aliphatic hydroxyl groups is 1. The number of H-pyrrole nitrogens is 1. The van der Waals surface area contributed by atoms with Gasteiger partial charge in [0, 0.05) is 12.6 Å². The Morgan fingerprint density at radius 3 is 2.56 bits per heavy atom. The summed E-state index contributed by atoms with van der Waals surface area (Å²) in [6.07, 6.45) is -0.936. The molecule has 0 fully saturated rings. The summed E-state index contributed by atoms with van der Waals surface area (Å²) in [6.45, 7) is 1.70. The number of benzene rings is 2. The number of anilines is 1. The van der Waals surface area contributed by atoms with Crippen LogP contribution in [0.1, 0.15) is 24.2 Å². The van der Waals surface area contributed by atoms with Crippen molar-refractivity contribution in [2.45, 2.75) is 19.6 Å². The number of para-hydroxylation sites is 1. The van der Waals surface area contributed by atoms with E-state index in [9.17, 15) is 19.8 Å². The molecular formula is C22H22N6O4. The van der Waals surface area contributed by atoms with Crippen LogP contribution in [0.15, 0.2) is 69.3 Å². The maximum absolute atomic E-state index is 12.6. The van der Waals surface area contributed by atoms with Gasteiger partial charge in [0.1, 0.15) is 5.75 Å². The molecule has 0 bridgehead atoms. The summed E-state index contributed by atoms with van der Waals surface area (Å²) in [4.78, 5) is 31.3. The number of imidazole rings is 1. The van der Waals surface area contributed by atoms with Gasteiger partial charge in [-0.15, -0.1) is 0 Å². The largest absolute Gasteiger partial charge is 0.507 e. The van der Waals surface area contributed by atoms with Gasteiger partial charge in [-0.1, -0.05) is 42.5 Å². The van der Waals surface area contributed by atoms with Crippen LogP contribution in [0.2, 0.25) is 0 Å². The highest BCUT2D eigenvalue weighted by molar-refractivity contribution is 6.01. The van der Waals surface area contributed by atoms with E-state index in [1.54, 1.807) is 55.5 Å². The number of fused-ring (bicyclic) bond motifs is 1. The lowest BCUT2D eigenvalue weighted by Crippen LogP contribution is -2.29. The van der Waals surface area contributed by atoms with Gasteiger partial charge in [0.15, 0.2) is 11.2 Å². The van der Waals surface area contributed by atoms with Crippen molar-refractivity contribution >= 4 is 22.8 Å². The molecule has 2 aromatic carbocycles.